The molecule has 0 spiro atoms. The number of hydrogen-bond acceptors (Lipinski definition) is 5. The van der Waals surface area contributed by atoms with Gasteiger partial charge in [-0.25, -0.2) is 13.4 Å². The van der Waals surface area contributed by atoms with Crippen molar-refractivity contribution >= 4 is 31.6 Å². The minimum Gasteiger partial charge on any atom is -0.495 e. The first-order valence-electron chi connectivity index (χ1n) is 5.83. The SMILES string of the molecule is COc1ccccc1NS(=O)(=O)c1cc(Br)cnc1OC. The molecule has 8 heteroatoms. The van der Waals surface area contributed by atoms with Gasteiger partial charge < -0.3 is 9.47 Å². The van der Waals surface area contributed by atoms with Crippen LogP contribution in [0.5, 0.6) is 11.6 Å². The van der Waals surface area contributed by atoms with Crippen molar-refractivity contribution in [3.8, 4) is 11.6 Å². The van der Waals surface area contributed by atoms with E-state index in [2.05, 4.69) is 25.6 Å². The fourth-order valence-corrected chi connectivity index (χ4v) is 3.38. The van der Waals surface area contributed by atoms with Crippen LogP contribution >= 0.6 is 15.9 Å². The molecule has 0 bridgehead atoms. The van der Waals surface area contributed by atoms with E-state index in [4.69, 9.17) is 9.47 Å². The maximum Gasteiger partial charge on any atom is 0.267 e. The normalized spacial score (nSPS) is 11.0. The molecule has 1 N–H and O–H groups in total. The lowest BCUT2D eigenvalue weighted by molar-refractivity contribution is 0.385. The van der Waals surface area contributed by atoms with Crippen LogP contribution < -0.4 is 14.2 Å². The van der Waals surface area contributed by atoms with Crippen LogP contribution in [-0.2, 0) is 10.0 Å². The average molecular weight is 373 g/mol. The van der Waals surface area contributed by atoms with Crippen LogP contribution in [0.25, 0.3) is 0 Å². The van der Waals surface area contributed by atoms with Crippen LogP contribution in [0.3, 0.4) is 0 Å². The second-order valence-corrected chi connectivity index (χ2v) is 6.53. The number of nitrogens with zero attached hydrogens (tertiary/aromatic N) is 1. The summed E-state index contributed by atoms with van der Waals surface area (Å²) in [5, 5.41) is 0. The van der Waals surface area contributed by atoms with Crippen molar-refractivity contribution in [1.82, 2.24) is 4.98 Å². The zero-order valence-electron chi connectivity index (χ0n) is 11.3. The topological polar surface area (TPSA) is 77.5 Å². The Hall–Kier alpha value is -1.80. The first-order chi connectivity index (χ1) is 9.97. The van der Waals surface area contributed by atoms with E-state index in [0.717, 1.165) is 0 Å². The zero-order chi connectivity index (χ0) is 15.5. The van der Waals surface area contributed by atoms with Crippen LogP contribution in [0.2, 0.25) is 0 Å². The monoisotopic (exact) mass is 372 g/mol. The summed E-state index contributed by atoms with van der Waals surface area (Å²) in [5.41, 5.74) is 0.335. The standard InChI is InChI=1S/C13H13BrN2O4S/c1-19-11-6-4-3-5-10(11)16-21(17,18)12-7-9(14)8-15-13(12)20-2/h3-8,16H,1-2H3. The first-order valence-corrected chi connectivity index (χ1v) is 8.11. The summed E-state index contributed by atoms with van der Waals surface area (Å²) in [5.74, 6) is 0.434. The summed E-state index contributed by atoms with van der Waals surface area (Å²) in [4.78, 5) is 3.86. The van der Waals surface area contributed by atoms with E-state index in [1.54, 1.807) is 24.3 Å². The first kappa shape index (κ1) is 15.6. The molecular weight excluding hydrogens is 360 g/mol. The summed E-state index contributed by atoms with van der Waals surface area (Å²) in [7, 11) is -1.03. The number of methoxy groups -OCH3 is 2. The van der Waals surface area contributed by atoms with Gasteiger partial charge in [-0.15, -0.1) is 0 Å². The molecule has 1 aromatic carbocycles. The van der Waals surface area contributed by atoms with Gasteiger partial charge in [-0.1, -0.05) is 12.1 Å². The minimum atomic E-state index is -3.86. The molecule has 0 aliphatic carbocycles. The highest BCUT2D eigenvalue weighted by molar-refractivity contribution is 9.10. The molecule has 0 amide bonds. The van der Waals surface area contributed by atoms with Gasteiger partial charge in [0.2, 0.25) is 5.88 Å². The molecule has 0 aliphatic rings. The molecule has 1 heterocycles. The third-order valence-corrected chi connectivity index (χ3v) is 4.41. The Morgan fingerprint density at radius 2 is 1.90 bits per heavy atom. The lowest BCUT2D eigenvalue weighted by atomic mass is 10.3. The van der Waals surface area contributed by atoms with Gasteiger partial charge in [0, 0.05) is 10.7 Å². The second kappa shape index (κ2) is 6.31. The van der Waals surface area contributed by atoms with E-state index in [1.807, 2.05) is 0 Å². The summed E-state index contributed by atoms with van der Waals surface area (Å²) < 4.78 is 38.1. The van der Waals surface area contributed by atoms with Crippen molar-refractivity contribution in [1.29, 1.82) is 0 Å². The van der Waals surface area contributed by atoms with Crippen LogP contribution in [0.4, 0.5) is 5.69 Å². The van der Waals surface area contributed by atoms with Crippen molar-refractivity contribution in [2.45, 2.75) is 4.90 Å². The number of nitrogens with one attached hydrogen (secondary N) is 1. The van der Waals surface area contributed by atoms with E-state index < -0.39 is 10.0 Å². The minimum absolute atomic E-state index is 0.0144. The van der Waals surface area contributed by atoms with Crippen LogP contribution in [0, 0.1) is 0 Å². The predicted molar refractivity (Wildman–Crippen MR) is 82.3 cm³/mol. The fraction of sp³-hybridized carbons (Fsp3) is 0.154. The molecule has 0 unspecified atom stereocenters. The lowest BCUT2D eigenvalue weighted by Crippen LogP contribution is -2.15. The van der Waals surface area contributed by atoms with Crippen molar-refractivity contribution in [3.05, 3.63) is 41.0 Å². The number of para-hydroxylation sites is 2. The molecule has 1 aromatic heterocycles. The number of sulfonamides is 1. The Morgan fingerprint density at radius 3 is 2.57 bits per heavy atom. The third-order valence-electron chi connectivity index (χ3n) is 2.62. The quantitative estimate of drug-likeness (QED) is 0.872. The number of anilines is 1. The van der Waals surface area contributed by atoms with Crippen LogP contribution in [-0.4, -0.2) is 27.6 Å². The number of pyridine rings is 1. The van der Waals surface area contributed by atoms with Crippen molar-refractivity contribution in [2.75, 3.05) is 18.9 Å². The molecule has 0 fully saturated rings. The molecule has 6 nitrogen and oxygen atoms in total. The predicted octanol–water partition coefficient (Wildman–Crippen LogP) is 2.66. The van der Waals surface area contributed by atoms with Gasteiger partial charge in [-0.2, -0.15) is 0 Å². The number of benzene rings is 1. The van der Waals surface area contributed by atoms with E-state index in [-0.39, 0.29) is 10.8 Å². The van der Waals surface area contributed by atoms with Crippen LogP contribution in [0.15, 0.2) is 45.9 Å². The summed E-state index contributed by atoms with van der Waals surface area (Å²) >= 11 is 3.20. The van der Waals surface area contributed by atoms with Crippen molar-refractivity contribution in [2.24, 2.45) is 0 Å². The molecule has 2 aromatic rings. The fourth-order valence-electron chi connectivity index (χ4n) is 1.68. The Kier molecular flexibility index (Phi) is 4.69. The molecule has 21 heavy (non-hydrogen) atoms. The second-order valence-electron chi connectivity index (χ2n) is 3.97. The largest absolute Gasteiger partial charge is 0.495 e. The van der Waals surface area contributed by atoms with Gasteiger partial charge in [0.15, 0.2) is 4.90 Å². The Morgan fingerprint density at radius 1 is 1.19 bits per heavy atom. The Bertz CT molecular complexity index is 750. The molecule has 0 saturated heterocycles. The highest BCUT2D eigenvalue weighted by Crippen LogP contribution is 2.30. The molecule has 112 valence electrons. The number of halogens is 1. The molecule has 0 radical (unpaired) electrons. The number of hydrogen-bond donors (Lipinski definition) is 1. The van der Waals surface area contributed by atoms with Gasteiger partial charge in [-0.3, -0.25) is 4.72 Å². The van der Waals surface area contributed by atoms with E-state index >= 15 is 0 Å². The summed E-state index contributed by atoms with van der Waals surface area (Å²) in [6, 6.07) is 8.14. The number of ether oxygens (including phenoxy) is 2. The molecule has 0 atom stereocenters. The maximum atomic E-state index is 12.5. The lowest BCUT2D eigenvalue weighted by Gasteiger charge is -2.13. The molecular formula is C13H13BrN2O4S. The zero-order valence-corrected chi connectivity index (χ0v) is 13.7. The summed E-state index contributed by atoms with van der Waals surface area (Å²) in [6.45, 7) is 0. The van der Waals surface area contributed by atoms with Crippen molar-refractivity contribution < 1.29 is 17.9 Å². The average Bonchev–Trinajstić information content (AvgIpc) is 2.47. The molecule has 2 rings (SSSR count). The highest BCUT2D eigenvalue weighted by Gasteiger charge is 2.22. The van der Waals surface area contributed by atoms with Crippen molar-refractivity contribution in [3.63, 3.8) is 0 Å². The van der Waals surface area contributed by atoms with Gasteiger partial charge >= 0.3 is 0 Å². The van der Waals surface area contributed by atoms with Gasteiger partial charge in [0.1, 0.15) is 5.75 Å². The highest BCUT2D eigenvalue weighted by atomic mass is 79.9. The molecule has 0 aliphatic heterocycles. The van der Waals surface area contributed by atoms with E-state index in [1.165, 1.54) is 26.5 Å². The van der Waals surface area contributed by atoms with Gasteiger partial charge in [-0.05, 0) is 34.1 Å². The van der Waals surface area contributed by atoms with Gasteiger partial charge in [0.25, 0.3) is 10.0 Å². The Labute approximate surface area is 131 Å². The molecule has 0 saturated carbocycles. The summed E-state index contributed by atoms with van der Waals surface area (Å²) in [6.07, 6.45) is 1.46. The maximum absolute atomic E-state index is 12.5. The van der Waals surface area contributed by atoms with E-state index in [9.17, 15) is 8.42 Å². The smallest absolute Gasteiger partial charge is 0.267 e. The van der Waals surface area contributed by atoms with Crippen LogP contribution in [0.1, 0.15) is 0 Å². The third kappa shape index (κ3) is 3.45. The Balaban J connectivity index is 2.46. The van der Waals surface area contributed by atoms with E-state index in [0.29, 0.717) is 15.9 Å². The number of aromatic nitrogens is 1. The number of rotatable bonds is 5. The van der Waals surface area contributed by atoms with Gasteiger partial charge in [0.05, 0.1) is 19.9 Å².